The van der Waals surface area contributed by atoms with E-state index >= 15 is 0 Å². The molecule has 0 spiro atoms. The van der Waals surface area contributed by atoms with Crippen molar-refractivity contribution >= 4 is 23.1 Å². The zero-order valence-electron chi connectivity index (χ0n) is 10.2. The molecule has 0 saturated carbocycles. The molecule has 0 radical (unpaired) electrons. The van der Waals surface area contributed by atoms with E-state index in [0.29, 0.717) is 11.3 Å². The monoisotopic (exact) mass is 296 g/mol. The summed E-state index contributed by atoms with van der Waals surface area (Å²) in [6.07, 6.45) is 0. The van der Waals surface area contributed by atoms with Crippen molar-refractivity contribution in [1.82, 2.24) is 0 Å². The molecule has 0 atom stereocenters. The fourth-order valence-electron chi connectivity index (χ4n) is 1.59. The van der Waals surface area contributed by atoms with Crippen LogP contribution in [-0.4, -0.2) is 4.92 Å². The molecule has 0 aliphatic carbocycles. The lowest BCUT2D eigenvalue weighted by atomic mass is 10.2. The summed E-state index contributed by atoms with van der Waals surface area (Å²) >= 11 is 1.13. The summed E-state index contributed by atoms with van der Waals surface area (Å²) in [7, 11) is 0. The molecule has 2 aromatic rings. The molecule has 0 heterocycles. The van der Waals surface area contributed by atoms with E-state index in [1.165, 1.54) is 18.2 Å². The molecule has 7 heteroatoms. The number of nitro groups is 1. The summed E-state index contributed by atoms with van der Waals surface area (Å²) in [5, 5.41) is 10.8. The van der Waals surface area contributed by atoms with Gasteiger partial charge in [0.25, 0.3) is 5.69 Å². The van der Waals surface area contributed by atoms with E-state index in [9.17, 15) is 18.9 Å². The number of halogens is 2. The van der Waals surface area contributed by atoms with E-state index in [0.717, 1.165) is 23.9 Å². The minimum atomic E-state index is -0.653. The SMILES string of the molecule is Nc1ccc(CSc2ccc(F)cc2F)cc1[N+](=O)[O-]. The first-order valence-electron chi connectivity index (χ1n) is 5.58. The van der Waals surface area contributed by atoms with Gasteiger partial charge in [-0.15, -0.1) is 11.8 Å². The zero-order chi connectivity index (χ0) is 14.7. The number of rotatable bonds is 4. The second-order valence-electron chi connectivity index (χ2n) is 4.01. The van der Waals surface area contributed by atoms with Gasteiger partial charge in [-0.25, -0.2) is 8.78 Å². The Hall–Kier alpha value is -2.15. The number of nitrogen functional groups attached to an aromatic ring is 1. The lowest BCUT2D eigenvalue weighted by Crippen LogP contribution is -1.96. The third kappa shape index (κ3) is 3.24. The molecule has 4 nitrogen and oxygen atoms in total. The third-order valence-corrected chi connectivity index (χ3v) is 3.70. The Balaban J connectivity index is 2.15. The third-order valence-electron chi connectivity index (χ3n) is 2.58. The molecule has 0 amide bonds. The van der Waals surface area contributed by atoms with Crippen LogP contribution in [0.25, 0.3) is 0 Å². The average molecular weight is 296 g/mol. The molecule has 0 saturated heterocycles. The molecule has 0 aromatic heterocycles. The molecule has 20 heavy (non-hydrogen) atoms. The quantitative estimate of drug-likeness (QED) is 0.404. The highest BCUT2D eigenvalue weighted by Gasteiger charge is 2.12. The van der Waals surface area contributed by atoms with Gasteiger partial charge in [-0.1, -0.05) is 6.07 Å². The molecule has 0 aliphatic heterocycles. The van der Waals surface area contributed by atoms with Crippen LogP contribution in [-0.2, 0) is 5.75 Å². The van der Waals surface area contributed by atoms with Crippen molar-refractivity contribution in [2.45, 2.75) is 10.6 Å². The van der Waals surface area contributed by atoms with E-state index in [1.54, 1.807) is 6.07 Å². The first-order valence-corrected chi connectivity index (χ1v) is 6.56. The van der Waals surface area contributed by atoms with Gasteiger partial charge in [0.05, 0.1) is 4.92 Å². The summed E-state index contributed by atoms with van der Waals surface area (Å²) in [6.45, 7) is 0. The number of anilines is 1. The summed E-state index contributed by atoms with van der Waals surface area (Å²) in [5.41, 5.74) is 6.03. The van der Waals surface area contributed by atoms with Gasteiger partial charge in [0.2, 0.25) is 0 Å². The molecule has 104 valence electrons. The highest BCUT2D eigenvalue weighted by molar-refractivity contribution is 7.98. The van der Waals surface area contributed by atoms with Crippen LogP contribution in [0.5, 0.6) is 0 Å². The lowest BCUT2D eigenvalue weighted by Gasteiger charge is -2.05. The van der Waals surface area contributed by atoms with Gasteiger partial charge in [0.1, 0.15) is 17.3 Å². The van der Waals surface area contributed by atoms with Crippen molar-refractivity contribution in [1.29, 1.82) is 0 Å². The van der Waals surface area contributed by atoms with Gasteiger partial charge in [-0.05, 0) is 23.8 Å². The normalized spacial score (nSPS) is 10.5. The van der Waals surface area contributed by atoms with Gasteiger partial charge >= 0.3 is 0 Å². The first-order chi connectivity index (χ1) is 9.47. The van der Waals surface area contributed by atoms with Crippen molar-refractivity contribution in [2.24, 2.45) is 0 Å². The summed E-state index contributed by atoms with van der Waals surface area (Å²) in [5.74, 6) is -0.973. The minimum Gasteiger partial charge on any atom is -0.393 e. The predicted octanol–water partition coefficient (Wildman–Crippen LogP) is 3.75. The number of nitrogens with zero attached hydrogens (tertiary/aromatic N) is 1. The fourth-order valence-corrected chi connectivity index (χ4v) is 2.45. The van der Waals surface area contributed by atoms with Crippen molar-refractivity contribution in [2.75, 3.05) is 5.73 Å². The van der Waals surface area contributed by atoms with Crippen LogP contribution >= 0.6 is 11.8 Å². The Morgan fingerprint density at radius 1 is 1.20 bits per heavy atom. The molecule has 2 N–H and O–H groups in total. The van der Waals surface area contributed by atoms with Gasteiger partial charge in [-0.3, -0.25) is 10.1 Å². The number of hydrogen-bond acceptors (Lipinski definition) is 4. The summed E-state index contributed by atoms with van der Waals surface area (Å²) < 4.78 is 26.2. The van der Waals surface area contributed by atoms with Crippen LogP contribution in [0, 0.1) is 21.7 Å². The van der Waals surface area contributed by atoms with Crippen LogP contribution in [0.2, 0.25) is 0 Å². The number of nitrogens with two attached hydrogens (primary N) is 1. The number of nitro benzene ring substituents is 1. The van der Waals surface area contributed by atoms with Gasteiger partial charge < -0.3 is 5.73 Å². The van der Waals surface area contributed by atoms with Crippen LogP contribution < -0.4 is 5.73 Å². The first kappa shape index (κ1) is 14.3. The smallest absolute Gasteiger partial charge is 0.292 e. The number of benzene rings is 2. The van der Waals surface area contributed by atoms with E-state index < -0.39 is 16.6 Å². The van der Waals surface area contributed by atoms with E-state index in [-0.39, 0.29) is 16.3 Å². The molecule has 0 unspecified atom stereocenters. The van der Waals surface area contributed by atoms with Crippen molar-refractivity contribution < 1.29 is 13.7 Å². The van der Waals surface area contributed by atoms with Gasteiger partial charge in [0, 0.05) is 22.8 Å². The molecular weight excluding hydrogens is 286 g/mol. The van der Waals surface area contributed by atoms with E-state index in [1.807, 2.05) is 0 Å². The Morgan fingerprint density at radius 2 is 1.95 bits per heavy atom. The van der Waals surface area contributed by atoms with E-state index in [4.69, 9.17) is 5.73 Å². The molecule has 0 fully saturated rings. The highest BCUT2D eigenvalue weighted by atomic mass is 32.2. The Labute approximate surface area is 117 Å². The molecular formula is C13H10F2N2O2S. The molecule has 0 bridgehead atoms. The van der Waals surface area contributed by atoms with E-state index in [2.05, 4.69) is 0 Å². The van der Waals surface area contributed by atoms with Crippen LogP contribution in [0.15, 0.2) is 41.3 Å². The molecule has 0 aliphatic rings. The maximum atomic E-state index is 13.4. The average Bonchev–Trinajstić information content (AvgIpc) is 2.39. The van der Waals surface area contributed by atoms with Crippen molar-refractivity contribution in [3.63, 3.8) is 0 Å². The fraction of sp³-hybridized carbons (Fsp3) is 0.0769. The standard InChI is InChI=1S/C13H10F2N2O2S/c14-9-2-4-13(10(15)6-9)20-7-8-1-3-11(16)12(5-8)17(18)19/h1-6H,7,16H2. The lowest BCUT2D eigenvalue weighted by molar-refractivity contribution is -0.383. The summed E-state index contributed by atoms with van der Waals surface area (Å²) in [4.78, 5) is 10.5. The highest BCUT2D eigenvalue weighted by Crippen LogP contribution is 2.29. The molecule has 2 aromatic carbocycles. The van der Waals surface area contributed by atoms with Gasteiger partial charge in [-0.2, -0.15) is 0 Å². The maximum absolute atomic E-state index is 13.4. The maximum Gasteiger partial charge on any atom is 0.292 e. The van der Waals surface area contributed by atoms with Gasteiger partial charge in [0.15, 0.2) is 0 Å². The zero-order valence-corrected chi connectivity index (χ0v) is 11.0. The van der Waals surface area contributed by atoms with Crippen LogP contribution in [0.1, 0.15) is 5.56 Å². The van der Waals surface area contributed by atoms with Crippen LogP contribution in [0.4, 0.5) is 20.2 Å². The predicted molar refractivity (Wildman–Crippen MR) is 73.4 cm³/mol. The second-order valence-corrected chi connectivity index (χ2v) is 5.03. The Kier molecular flexibility index (Phi) is 4.19. The number of thioether (sulfide) groups is 1. The molecule has 2 rings (SSSR count). The minimum absolute atomic E-state index is 0.0803. The van der Waals surface area contributed by atoms with Crippen LogP contribution in [0.3, 0.4) is 0 Å². The topological polar surface area (TPSA) is 69.2 Å². The second kappa shape index (κ2) is 5.87. The largest absolute Gasteiger partial charge is 0.393 e. The Morgan fingerprint density at radius 3 is 2.60 bits per heavy atom. The number of hydrogen-bond donors (Lipinski definition) is 1. The summed E-state index contributed by atoms with van der Waals surface area (Å²) in [6, 6.07) is 7.72. The van der Waals surface area contributed by atoms with Crippen molar-refractivity contribution in [3.05, 3.63) is 63.7 Å². The Bertz CT molecular complexity index is 665. The van der Waals surface area contributed by atoms with Crippen molar-refractivity contribution in [3.8, 4) is 0 Å².